The van der Waals surface area contributed by atoms with E-state index in [0.717, 1.165) is 6.42 Å². The van der Waals surface area contributed by atoms with E-state index in [2.05, 4.69) is 34.7 Å². The van der Waals surface area contributed by atoms with Crippen molar-refractivity contribution in [3.8, 4) is 11.4 Å². The zero-order valence-corrected chi connectivity index (χ0v) is 16.0. The lowest BCUT2D eigenvalue weighted by Crippen LogP contribution is -2.13. The number of tetrazole rings is 1. The molecule has 1 N–H and O–H groups in total. The summed E-state index contributed by atoms with van der Waals surface area (Å²) in [4.78, 5) is 12.5. The van der Waals surface area contributed by atoms with Crippen molar-refractivity contribution in [1.29, 1.82) is 0 Å². The number of nitrogens with one attached hydrogen (secondary N) is 1. The molecule has 0 spiro atoms. The predicted molar refractivity (Wildman–Crippen MR) is 103 cm³/mol. The fourth-order valence-electron chi connectivity index (χ4n) is 2.52. The average Bonchev–Trinajstić information content (AvgIpc) is 3.10. The van der Waals surface area contributed by atoms with Crippen LogP contribution in [-0.2, 0) is 0 Å². The quantitative estimate of drug-likeness (QED) is 0.671. The maximum Gasteiger partial charge on any atom is 0.255 e. The minimum atomic E-state index is -0.545. The number of benzene rings is 2. The molecule has 2 aromatic carbocycles. The number of hydrogen-bond donors (Lipinski definition) is 1. The van der Waals surface area contributed by atoms with Gasteiger partial charge in [-0.2, -0.15) is 4.68 Å². The summed E-state index contributed by atoms with van der Waals surface area (Å²) in [6, 6.07) is 11.0. The van der Waals surface area contributed by atoms with E-state index >= 15 is 0 Å². The fraction of sp³-hybridized carbons (Fsp3) is 0.300. The van der Waals surface area contributed by atoms with Crippen molar-refractivity contribution >= 4 is 11.6 Å². The summed E-state index contributed by atoms with van der Waals surface area (Å²) in [5, 5.41) is 13.8. The first kappa shape index (κ1) is 19.5. The number of hydrogen-bond acceptors (Lipinski definition) is 5. The summed E-state index contributed by atoms with van der Waals surface area (Å²) in [6.45, 7) is 6.61. The Balaban J connectivity index is 1.70. The van der Waals surface area contributed by atoms with Gasteiger partial charge >= 0.3 is 0 Å². The number of ether oxygens (including phenoxy) is 1. The van der Waals surface area contributed by atoms with Crippen molar-refractivity contribution in [2.75, 3.05) is 11.9 Å². The van der Waals surface area contributed by atoms with E-state index in [-0.39, 0.29) is 5.69 Å². The largest absolute Gasteiger partial charge is 0.494 e. The molecule has 0 aliphatic carbocycles. The molecule has 28 heavy (non-hydrogen) atoms. The molecule has 0 radical (unpaired) electrons. The standard InChI is InChI=1S/C20H22FN5O2/c1-13(2)10-11-28-17-7-4-15(5-8-17)20(27)22-19-12-16(6-9-18(19)21)26-14(3)23-24-25-26/h4-9,12-13H,10-11H2,1-3H3,(H,22,27). The van der Waals surface area contributed by atoms with Gasteiger partial charge in [0, 0.05) is 5.56 Å². The molecule has 3 aromatic rings. The van der Waals surface area contributed by atoms with Gasteiger partial charge in [0.15, 0.2) is 5.82 Å². The molecular formula is C20H22FN5O2. The third-order valence-electron chi connectivity index (χ3n) is 4.15. The smallest absolute Gasteiger partial charge is 0.255 e. The summed E-state index contributed by atoms with van der Waals surface area (Å²) >= 11 is 0. The topological polar surface area (TPSA) is 81.9 Å². The molecule has 3 rings (SSSR count). The number of carbonyl (C=O) groups is 1. The van der Waals surface area contributed by atoms with E-state index in [1.807, 2.05) is 0 Å². The molecule has 1 aromatic heterocycles. The minimum Gasteiger partial charge on any atom is -0.494 e. The molecule has 0 aliphatic heterocycles. The van der Waals surface area contributed by atoms with Gasteiger partial charge in [-0.1, -0.05) is 13.8 Å². The maximum atomic E-state index is 14.2. The van der Waals surface area contributed by atoms with Crippen molar-refractivity contribution in [3.05, 3.63) is 59.7 Å². The Kier molecular flexibility index (Phi) is 5.98. The van der Waals surface area contributed by atoms with Crippen molar-refractivity contribution in [3.63, 3.8) is 0 Å². The average molecular weight is 383 g/mol. The van der Waals surface area contributed by atoms with E-state index in [1.165, 1.54) is 22.9 Å². The van der Waals surface area contributed by atoms with Crippen LogP contribution in [0.3, 0.4) is 0 Å². The van der Waals surface area contributed by atoms with Gasteiger partial charge in [-0.25, -0.2) is 4.39 Å². The summed E-state index contributed by atoms with van der Waals surface area (Å²) in [6.07, 6.45) is 0.957. The van der Waals surface area contributed by atoms with Crippen LogP contribution in [0, 0.1) is 18.7 Å². The van der Waals surface area contributed by atoms with Gasteiger partial charge in [-0.05, 0) is 72.2 Å². The molecule has 0 saturated heterocycles. The first-order valence-corrected chi connectivity index (χ1v) is 9.03. The highest BCUT2D eigenvalue weighted by Gasteiger charge is 2.12. The first-order valence-electron chi connectivity index (χ1n) is 9.03. The molecule has 146 valence electrons. The lowest BCUT2D eigenvalue weighted by atomic mass is 10.1. The van der Waals surface area contributed by atoms with Crippen LogP contribution < -0.4 is 10.1 Å². The number of aryl methyl sites for hydroxylation is 1. The molecule has 0 unspecified atom stereocenters. The molecule has 8 heteroatoms. The van der Waals surface area contributed by atoms with E-state index in [9.17, 15) is 9.18 Å². The zero-order chi connectivity index (χ0) is 20.1. The van der Waals surface area contributed by atoms with Gasteiger partial charge in [0.2, 0.25) is 0 Å². The Morgan fingerprint density at radius 3 is 2.61 bits per heavy atom. The van der Waals surface area contributed by atoms with Crippen LogP contribution in [0.5, 0.6) is 5.75 Å². The number of aromatic nitrogens is 4. The molecule has 0 fully saturated rings. The summed E-state index contributed by atoms with van der Waals surface area (Å²) in [5.74, 6) is 0.846. The third kappa shape index (κ3) is 4.70. The van der Waals surface area contributed by atoms with Crippen LogP contribution in [0.15, 0.2) is 42.5 Å². The molecule has 0 saturated carbocycles. The first-order chi connectivity index (χ1) is 13.4. The SMILES string of the molecule is Cc1nnnn1-c1ccc(F)c(NC(=O)c2ccc(OCCC(C)C)cc2)c1. The maximum absolute atomic E-state index is 14.2. The second-order valence-electron chi connectivity index (χ2n) is 6.81. The third-order valence-corrected chi connectivity index (χ3v) is 4.15. The molecule has 0 bridgehead atoms. The second-order valence-corrected chi connectivity index (χ2v) is 6.81. The molecule has 0 aliphatic rings. The van der Waals surface area contributed by atoms with Gasteiger partial charge in [0.1, 0.15) is 11.6 Å². The summed E-state index contributed by atoms with van der Waals surface area (Å²) < 4.78 is 21.3. The van der Waals surface area contributed by atoms with Crippen molar-refractivity contribution in [1.82, 2.24) is 20.2 Å². The number of anilines is 1. The van der Waals surface area contributed by atoms with Gasteiger partial charge in [-0.3, -0.25) is 4.79 Å². The highest BCUT2D eigenvalue weighted by atomic mass is 19.1. The van der Waals surface area contributed by atoms with Crippen LogP contribution in [0.4, 0.5) is 10.1 Å². The monoisotopic (exact) mass is 383 g/mol. The van der Waals surface area contributed by atoms with Crippen LogP contribution in [-0.4, -0.2) is 32.7 Å². The van der Waals surface area contributed by atoms with E-state index in [0.29, 0.717) is 35.3 Å². The Hall–Kier alpha value is -3.29. The van der Waals surface area contributed by atoms with Crippen molar-refractivity contribution in [2.24, 2.45) is 5.92 Å². The van der Waals surface area contributed by atoms with E-state index in [1.54, 1.807) is 31.2 Å². The Morgan fingerprint density at radius 2 is 1.96 bits per heavy atom. The summed E-state index contributed by atoms with van der Waals surface area (Å²) in [7, 11) is 0. The second kappa shape index (κ2) is 8.60. The summed E-state index contributed by atoms with van der Waals surface area (Å²) in [5.41, 5.74) is 1.00. The van der Waals surface area contributed by atoms with Crippen LogP contribution in [0.25, 0.3) is 5.69 Å². The van der Waals surface area contributed by atoms with E-state index in [4.69, 9.17) is 4.74 Å². The molecule has 1 amide bonds. The zero-order valence-electron chi connectivity index (χ0n) is 16.0. The predicted octanol–water partition coefficient (Wildman–Crippen LogP) is 3.79. The van der Waals surface area contributed by atoms with Crippen molar-refractivity contribution < 1.29 is 13.9 Å². The van der Waals surface area contributed by atoms with Gasteiger partial charge in [0.25, 0.3) is 5.91 Å². The number of carbonyl (C=O) groups excluding carboxylic acids is 1. The number of halogens is 1. The van der Waals surface area contributed by atoms with Crippen LogP contribution in [0.1, 0.15) is 36.5 Å². The van der Waals surface area contributed by atoms with E-state index < -0.39 is 11.7 Å². The highest BCUT2D eigenvalue weighted by Crippen LogP contribution is 2.21. The molecule has 7 nitrogen and oxygen atoms in total. The number of nitrogens with zero attached hydrogens (tertiary/aromatic N) is 4. The lowest BCUT2D eigenvalue weighted by molar-refractivity contribution is 0.102. The Bertz CT molecular complexity index is 953. The van der Waals surface area contributed by atoms with Crippen LogP contribution in [0.2, 0.25) is 0 Å². The van der Waals surface area contributed by atoms with Gasteiger partial charge in [0.05, 0.1) is 18.0 Å². The Morgan fingerprint density at radius 1 is 1.21 bits per heavy atom. The normalized spacial score (nSPS) is 10.9. The highest BCUT2D eigenvalue weighted by molar-refractivity contribution is 6.04. The van der Waals surface area contributed by atoms with Crippen LogP contribution >= 0.6 is 0 Å². The number of rotatable bonds is 7. The van der Waals surface area contributed by atoms with Gasteiger partial charge in [-0.15, -0.1) is 5.10 Å². The molecule has 0 atom stereocenters. The Labute approximate surface area is 162 Å². The van der Waals surface area contributed by atoms with Gasteiger partial charge < -0.3 is 10.1 Å². The van der Waals surface area contributed by atoms with Crippen molar-refractivity contribution in [2.45, 2.75) is 27.2 Å². The number of amides is 1. The fourth-order valence-corrected chi connectivity index (χ4v) is 2.52. The molecular weight excluding hydrogens is 361 g/mol. The molecule has 1 heterocycles. The minimum absolute atomic E-state index is 0.0506. The lowest BCUT2D eigenvalue weighted by Gasteiger charge is -2.10.